The topological polar surface area (TPSA) is 49.3 Å². The first kappa shape index (κ1) is 12.7. The zero-order valence-corrected chi connectivity index (χ0v) is 11.7. The molecule has 2 N–H and O–H groups in total. The molecule has 1 amide bonds. The van der Waals surface area contributed by atoms with Crippen LogP contribution in [0.25, 0.3) is 22.4 Å². The second-order valence-corrected chi connectivity index (χ2v) is 5.28. The number of hydrogen-bond donors (Lipinski definition) is 2. The number of nitrogens with one attached hydrogen (secondary N) is 1. The third-order valence-electron chi connectivity index (χ3n) is 3.94. The summed E-state index contributed by atoms with van der Waals surface area (Å²) >= 11 is 0. The van der Waals surface area contributed by atoms with Crippen LogP contribution in [0.4, 0.5) is 5.69 Å². The predicted octanol–water partition coefficient (Wildman–Crippen LogP) is 4.04. The van der Waals surface area contributed by atoms with Gasteiger partial charge in [-0.25, -0.2) is 0 Å². The molecule has 0 radical (unpaired) electrons. The van der Waals surface area contributed by atoms with Crippen molar-refractivity contribution < 1.29 is 9.90 Å². The number of anilines is 1. The Labute approximate surface area is 127 Å². The van der Waals surface area contributed by atoms with E-state index in [0.717, 1.165) is 22.0 Å². The fraction of sp³-hybridized carbons (Fsp3) is 0. The molecule has 1 aliphatic rings. The van der Waals surface area contributed by atoms with Gasteiger partial charge < -0.3 is 10.4 Å². The van der Waals surface area contributed by atoms with Gasteiger partial charge in [-0.2, -0.15) is 0 Å². The highest BCUT2D eigenvalue weighted by Crippen LogP contribution is 2.36. The summed E-state index contributed by atoms with van der Waals surface area (Å²) in [5.74, 6) is 0.0524. The lowest BCUT2D eigenvalue weighted by Crippen LogP contribution is -2.03. The smallest absolute Gasteiger partial charge is 0.256 e. The van der Waals surface area contributed by atoms with E-state index in [0.29, 0.717) is 11.1 Å². The highest BCUT2D eigenvalue weighted by molar-refractivity contribution is 6.35. The molecule has 3 heteroatoms. The Morgan fingerprint density at radius 3 is 2.59 bits per heavy atom. The van der Waals surface area contributed by atoms with Crippen LogP contribution in [0.5, 0.6) is 5.75 Å². The van der Waals surface area contributed by atoms with Crippen LogP contribution in [-0.2, 0) is 4.79 Å². The van der Waals surface area contributed by atoms with E-state index >= 15 is 0 Å². The molecule has 0 atom stereocenters. The van der Waals surface area contributed by atoms with Crippen molar-refractivity contribution in [1.29, 1.82) is 0 Å². The number of hydrogen-bond acceptors (Lipinski definition) is 2. The van der Waals surface area contributed by atoms with Gasteiger partial charge in [0.2, 0.25) is 0 Å². The van der Waals surface area contributed by atoms with Gasteiger partial charge in [-0.3, -0.25) is 4.79 Å². The number of carbonyl (C=O) groups is 1. The third-order valence-corrected chi connectivity index (χ3v) is 3.94. The van der Waals surface area contributed by atoms with Crippen LogP contribution in [0.3, 0.4) is 0 Å². The standard InChI is InChI=1S/C19H13NO2/c21-18-13(10-9-12-5-1-2-6-14(12)18)11-16-15-7-3-4-8-17(15)20-19(16)22/h1-11,21H,(H,20,22)/b16-11-. The molecule has 4 rings (SSSR count). The molecule has 0 bridgehead atoms. The minimum atomic E-state index is -0.145. The highest BCUT2D eigenvalue weighted by atomic mass is 16.3. The summed E-state index contributed by atoms with van der Waals surface area (Å²) in [7, 11) is 0. The van der Waals surface area contributed by atoms with E-state index in [9.17, 15) is 9.90 Å². The molecule has 0 spiro atoms. The zero-order chi connectivity index (χ0) is 15.1. The average Bonchev–Trinajstić information content (AvgIpc) is 2.86. The Morgan fingerprint density at radius 1 is 0.909 bits per heavy atom. The second kappa shape index (κ2) is 4.74. The lowest BCUT2D eigenvalue weighted by atomic mass is 10.0. The number of benzene rings is 3. The first-order valence-corrected chi connectivity index (χ1v) is 7.07. The molecule has 3 aromatic rings. The van der Waals surface area contributed by atoms with Crippen molar-refractivity contribution in [1.82, 2.24) is 0 Å². The van der Waals surface area contributed by atoms with Crippen molar-refractivity contribution in [3.05, 3.63) is 71.8 Å². The molecule has 1 aliphatic heterocycles. The number of phenolic OH excluding ortho intramolecular Hbond substituents is 1. The average molecular weight is 287 g/mol. The fourth-order valence-electron chi connectivity index (χ4n) is 2.83. The van der Waals surface area contributed by atoms with E-state index in [-0.39, 0.29) is 11.7 Å². The van der Waals surface area contributed by atoms with Crippen molar-refractivity contribution >= 4 is 34.0 Å². The summed E-state index contributed by atoms with van der Waals surface area (Å²) in [5, 5.41) is 15.1. The first-order valence-electron chi connectivity index (χ1n) is 7.07. The second-order valence-electron chi connectivity index (χ2n) is 5.28. The molecule has 0 fully saturated rings. The first-order chi connectivity index (χ1) is 10.7. The number of phenols is 1. The molecule has 1 heterocycles. The molecule has 0 aliphatic carbocycles. The highest BCUT2D eigenvalue weighted by Gasteiger charge is 2.23. The van der Waals surface area contributed by atoms with Crippen molar-refractivity contribution in [2.75, 3.05) is 5.32 Å². The molecule has 3 nitrogen and oxygen atoms in total. The molecule has 0 unspecified atom stereocenters. The largest absolute Gasteiger partial charge is 0.507 e. The van der Waals surface area contributed by atoms with Gasteiger partial charge in [-0.05, 0) is 17.5 Å². The van der Waals surface area contributed by atoms with E-state index in [1.54, 1.807) is 6.08 Å². The quantitative estimate of drug-likeness (QED) is 0.664. The normalized spacial score (nSPS) is 15.1. The van der Waals surface area contributed by atoms with E-state index in [1.807, 2.05) is 60.7 Å². The minimum Gasteiger partial charge on any atom is -0.507 e. The lowest BCUT2D eigenvalue weighted by molar-refractivity contribution is -0.110. The van der Waals surface area contributed by atoms with E-state index in [2.05, 4.69) is 5.32 Å². The zero-order valence-electron chi connectivity index (χ0n) is 11.7. The predicted molar refractivity (Wildman–Crippen MR) is 88.6 cm³/mol. The number of rotatable bonds is 1. The van der Waals surface area contributed by atoms with Gasteiger partial charge in [0.1, 0.15) is 5.75 Å². The van der Waals surface area contributed by atoms with Crippen molar-refractivity contribution in [2.45, 2.75) is 0 Å². The molecular weight excluding hydrogens is 274 g/mol. The van der Waals surface area contributed by atoms with Gasteiger partial charge >= 0.3 is 0 Å². The Morgan fingerprint density at radius 2 is 1.68 bits per heavy atom. The summed E-state index contributed by atoms with van der Waals surface area (Å²) in [6, 6.07) is 19.0. The Kier molecular flexibility index (Phi) is 2.73. The van der Waals surface area contributed by atoms with Crippen LogP contribution in [0.15, 0.2) is 60.7 Å². The summed E-state index contributed by atoms with van der Waals surface area (Å²) in [4.78, 5) is 12.1. The Balaban J connectivity index is 1.90. The number of carbonyl (C=O) groups excluding carboxylic acids is 1. The van der Waals surface area contributed by atoms with E-state index in [1.165, 1.54) is 0 Å². The van der Waals surface area contributed by atoms with Crippen LogP contribution in [0.1, 0.15) is 11.1 Å². The van der Waals surface area contributed by atoms with Crippen molar-refractivity contribution in [3.8, 4) is 5.75 Å². The van der Waals surface area contributed by atoms with Crippen LogP contribution in [0.2, 0.25) is 0 Å². The van der Waals surface area contributed by atoms with Crippen molar-refractivity contribution in [2.24, 2.45) is 0 Å². The van der Waals surface area contributed by atoms with Crippen LogP contribution >= 0.6 is 0 Å². The van der Waals surface area contributed by atoms with Crippen molar-refractivity contribution in [3.63, 3.8) is 0 Å². The number of para-hydroxylation sites is 1. The summed E-state index contributed by atoms with van der Waals surface area (Å²) in [6.45, 7) is 0. The maximum Gasteiger partial charge on any atom is 0.256 e. The third kappa shape index (κ3) is 1.87. The van der Waals surface area contributed by atoms with E-state index < -0.39 is 0 Å². The Bertz CT molecular complexity index is 941. The lowest BCUT2D eigenvalue weighted by Gasteiger charge is -2.05. The summed E-state index contributed by atoms with van der Waals surface area (Å²) in [6.07, 6.45) is 1.74. The van der Waals surface area contributed by atoms with Crippen LogP contribution in [0, 0.1) is 0 Å². The fourth-order valence-corrected chi connectivity index (χ4v) is 2.83. The molecule has 22 heavy (non-hydrogen) atoms. The SMILES string of the molecule is O=C1Nc2ccccc2/C1=C/c1ccc2ccccc2c1O. The minimum absolute atomic E-state index is 0.145. The molecule has 0 saturated carbocycles. The maximum atomic E-state index is 12.1. The molecule has 0 aromatic heterocycles. The molecule has 106 valence electrons. The monoisotopic (exact) mass is 287 g/mol. The molecule has 0 saturated heterocycles. The number of fused-ring (bicyclic) bond motifs is 2. The van der Waals surface area contributed by atoms with Gasteiger partial charge in [-0.1, -0.05) is 54.6 Å². The van der Waals surface area contributed by atoms with Crippen LogP contribution < -0.4 is 5.32 Å². The van der Waals surface area contributed by atoms with Crippen LogP contribution in [-0.4, -0.2) is 11.0 Å². The molecule has 3 aromatic carbocycles. The van der Waals surface area contributed by atoms with Gasteiger partial charge in [0.25, 0.3) is 5.91 Å². The summed E-state index contributed by atoms with van der Waals surface area (Å²) in [5.41, 5.74) is 2.88. The van der Waals surface area contributed by atoms with Gasteiger partial charge in [0, 0.05) is 27.8 Å². The van der Waals surface area contributed by atoms with E-state index in [4.69, 9.17) is 0 Å². The summed E-state index contributed by atoms with van der Waals surface area (Å²) < 4.78 is 0. The van der Waals surface area contributed by atoms with Gasteiger partial charge in [0.15, 0.2) is 0 Å². The Hall–Kier alpha value is -3.07. The number of amides is 1. The molecular formula is C19H13NO2. The van der Waals surface area contributed by atoms with Gasteiger partial charge in [-0.15, -0.1) is 0 Å². The number of aromatic hydroxyl groups is 1. The van der Waals surface area contributed by atoms with Gasteiger partial charge in [0.05, 0.1) is 0 Å². The maximum absolute atomic E-state index is 12.1.